The van der Waals surface area contributed by atoms with Crippen molar-refractivity contribution in [2.75, 3.05) is 17.7 Å². The summed E-state index contributed by atoms with van der Waals surface area (Å²) in [5.74, 6) is 1.10. The maximum atomic E-state index is 9.19. The third kappa shape index (κ3) is 3.84. The zero-order valence-electron chi connectivity index (χ0n) is 13.8. The van der Waals surface area contributed by atoms with E-state index in [-0.39, 0.29) is 0 Å². The van der Waals surface area contributed by atoms with Gasteiger partial charge in [-0.1, -0.05) is 0 Å². The van der Waals surface area contributed by atoms with Crippen LogP contribution in [0.1, 0.15) is 16.8 Å². The summed E-state index contributed by atoms with van der Waals surface area (Å²) in [4.78, 5) is 8.41. The molecule has 8 heteroatoms. The molecule has 0 atom stereocenters. The van der Waals surface area contributed by atoms with Crippen LogP contribution in [0.4, 0.5) is 16.5 Å². The molecule has 0 saturated carbocycles. The fourth-order valence-corrected chi connectivity index (χ4v) is 3.00. The second-order valence-corrected chi connectivity index (χ2v) is 5.93. The molecule has 0 saturated heterocycles. The Kier molecular flexibility index (Phi) is 5.06. The fraction of sp³-hybridized carbons (Fsp3) is 0.176. The standard InChI is InChI=1S/C17H16N6OS/c1-11-14(10-20-13-5-6-15(24-2)21-9-13)17(25-23-11)22-16-12(8-18)4-3-7-19-16/h3-7,9,20H,10H2,1-2H3,(H,19,22). The zero-order valence-corrected chi connectivity index (χ0v) is 14.6. The molecule has 0 fully saturated rings. The molecule has 0 spiro atoms. The van der Waals surface area contributed by atoms with Gasteiger partial charge in [0.25, 0.3) is 0 Å². The molecule has 0 aliphatic rings. The third-order valence-electron chi connectivity index (χ3n) is 3.56. The van der Waals surface area contributed by atoms with Crippen LogP contribution in [-0.2, 0) is 6.54 Å². The van der Waals surface area contributed by atoms with Gasteiger partial charge in [-0.15, -0.1) is 0 Å². The Morgan fingerprint density at radius 1 is 1.28 bits per heavy atom. The first kappa shape index (κ1) is 16.7. The van der Waals surface area contributed by atoms with Crippen LogP contribution in [0.5, 0.6) is 5.88 Å². The first-order valence-electron chi connectivity index (χ1n) is 7.52. The monoisotopic (exact) mass is 352 g/mol. The van der Waals surface area contributed by atoms with E-state index in [0.717, 1.165) is 21.9 Å². The summed E-state index contributed by atoms with van der Waals surface area (Å²) in [6, 6.07) is 9.30. The molecule has 3 aromatic rings. The zero-order chi connectivity index (χ0) is 17.6. The van der Waals surface area contributed by atoms with Crippen LogP contribution in [-0.4, -0.2) is 21.5 Å². The van der Waals surface area contributed by atoms with Crippen molar-refractivity contribution in [3.63, 3.8) is 0 Å². The highest BCUT2D eigenvalue weighted by Crippen LogP contribution is 2.29. The number of methoxy groups -OCH3 is 1. The molecule has 3 rings (SSSR count). The number of ether oxygens (including phenoxy) is 1. The van der Waals surface area contributed by atoms with E-state index in [0.29, 0.717) is 23.8 Å². The molecule has 3 aromatic heterocycles. The summed E-state index contributed by atoms with van der Waals surface area (Å²) in [5, 5.41) is 16.6. The number of hydrogen-bond acceptors (Lipinski definition) is 8. The van der Waals surface area contributed by atoms with E-state index in [4.69, 9.17) is 4.74 Å². The molecule has 126 valence electrons. The number of aromatic nitrogens is 3. The topological polar surface area (TPSA) is 95.8 Å². The van der Waals surface area contributed by atoms with Gasteiger partial charge < -0.3 is 15.4 Å². The molecule has 7 nitrogen and oxygen atoms in total. The number of aryl methyl sites for hydroxylation is 1. The normalized spacial score (nSPS) is 10.1. The van der Waals surface area contributed by atoms with Gasteiger partial charge in [-0.05, 0) is 36.7 Å². The van der Waals surface area contributed by atoms with Crippen molar-refractivity contribution in [3.8, 4) is 11.9 Å². The number of nitriles is 1. The largest absolute Gasteiger partial charge is 0.481 e. The lowest BCUT2D eigenvalue weighted by Gasteiger charge is -2.10. The highest BCUT2D eigenvalue weighted by Gasteiger charge is 2.13. The molecule has 2 N–H and O–H groups in total. The number of pyridine rings is 2. The smallest absolute Gasteiger partial charge is 0.213 e. The highest BCUT2D eigenvalue weighted by atomic mass is 32.1. The minimum atomic E-state index is 0.492. The van der Waals surface area contributed by atoms with Gasteiger partial charge in [0, 0.05) is 24.4 Å². The van der Waals surface area contributed by atoms with Crippen molar-refractivity contribution in [2.24, 2.45) is 0 Å². The summed E-state index contributed by atoms with van der Waals surface area (Å²) in [6.07, 6.45) is 3.37. The summed E-state index contributed by atoms with van der Waals surface area (Å²) < 4.78 is 9.46. The number of rotatable bonds is 6. The average Bonchev–Trinajstić information content (AvgIpc) is 3.00. The van der Waals surface area contributed by atoms with E-state index in [1.54, 1.807) is 37.7 Å². The van der Waals surface area contributed by atoms with Crippen LogP contribution in [0.2, 0.25) is 0 Å². The molecular weight excluding hydrogens is 336 g/mol. The molecular formula is C17H16N6OS. The SMILES string of the molecule is COc1ccc(NCc2c(C)nsc2Nc2ncccc2C#N)cn1. The Bertz CT molecular complexity index is 900. The Labute approximate surface area is 149 Å². The van der Waals surface area contributed by atoms with Crippen molar-refractivity contribution >= 4 is 28.0 Å². The van der Waals surface area contributed by atoms with Crippen LogP contribution in [0.15, 0.2) is 36.7 Å². The molecule has 0 unspecified atom stereocenters. The highest BCUT2D eigenvalue weighted by molar-refractivity contribution is 7.10. The van der Waals surface area contributed by atoms with Gasteiger partial charge in [0.1, 0.15) is 16.9 Å². The molecule has 0 aromatic carbocycles. The average molecular weight is 352 g/mol. The van der Waals surface area contributed by atoms with Crippen molar-refractivity contribution < 1.29 is 4.74 Å². The Morgan fingerprint density at radius 2 is 2.16 bits per heavy atom. The lowest BCUT2D eigenvalue weighted by atomic mass is 10.2. The van der Waals surface area contributed by atoms with Gasteiger partial charge in [-0.2, -0.15) is 9.64 Å². The summed E-state index contributed by atoms with van der Waals surface area (Å²) >= 11 is 1.35. The predicted octanol–water partition coefficient (Wildman–Crippen LogP) is 3.48. The van der Waals surface area contributed by atoms with Crippen molar-refractivity contribution in [3.05, 3.63) is 53.5 Å². The summed E-state index contributed by atoms with van der Waals surface area (Å²) in [6.45, 7) is 2.53. The van der Waals surface area contributed by atoms with Gasteiger partial charge in [-0.25, -0.2) is 9.97 Å². The maximum absolute atomic E-state index is 9.19. The third-order valence-corrected chi connectivity index (χ3v) is 4.46. The van der Waals surface area contributed by atoms with Gasteiger partial charge >= 0.3 is 0 Å². The number of hydrogen-bond donors (Lipinski definition) is 2. The minimum absolute atomic E-state index is 0.492. The van der Waals surface area contributed by atoms with Gasteiger partial charge in [0.15, 0.2) is 0 Å². The van der Waals surface area contributed by atoms with E-state index in [1.165, 1.54) is 11.5 Å². The van der Waals surface area contributed by atoms with Crippen LogP contribution in [0.3, 0.4) is 0 Å². The van der Waals surface area contributed by atoms with Crippen molar-refractivity contribution in [1.29, 1.82) is 5.26 Å². The molecule has 0 aliphatic carbocycles. The molecule has 25 heavy (non-hydrogen) atoms. The molecule has 3 heterocycles. The van der Waals surface area contributed by atoms with E-state index in [9.17, 15) is 5.26 Å². The number of nitrogens with zero attached hydrogens (tertiary/aromatic N) is 4. The lowest BCUT2D eigenvalue weighted by molar-refractivity contribution is 0.398. The van der Waals surface area contributed by atoms with Gasteiger partial charge in [0.05, 0.1) is 30.3 Å². The summed E-state index contributed by atoms with van der Waals surface area (Å²) in [7, 11) is 1.58. The van der Waals surface area contributed by atoms with Crippen molar-refractivity contribution in [1.82, 2.24) is 14.3 Å². The second kappa shape index (κ2) is 7.59. The summed E-state index contributed by atoms with van der Waals surface area (Å²) in [5.41, 5.74) is 3.32. The van der Waals surface area contributed by atoms with Crippen LogP contribution >= 0.6 is 11.5 Å². The van der Waals surface area contributed by atoms with Crippen LogP contribution in [0, 0.1) is 18.3 Å². The second-order valence-electron chi connectivity index (χ2n) is 5.15. The van der Waals surface area contributed by atoms with E-state index in [1.807, 2.05) is 13.0 Å². The Morgan fingerprint density at radius 3 is 2.88 bits per heavy atom. The van der Waals surface area contributed by atoms with Crippen LogP contribution in [0.25, 0.3) is 0 Å². The number of nitrogens with one attached hydrogen (secondary N) is 2. The van der Waals surface area contributed by atoms with E-state index < -0.39 is 0 Å². The van der Waals surface area contributed by atoms with Crippen LogP contribution < -0.4 is 15.4 Å². The van der Waals surface area contributed by atoms with E-state index in [2.05, 4.69) is 31.0 Å². The molecule has 0 amide bonds. The lowest BCUT2D eigenvalue weighted by Crippen LogP contribution is -2.04. The predicted molar refractivity (Wildman–Crippen MR) is 97.2 cm³/mol. The minimum Gasteiger partial charge on any atom is -0.481 e. The van der Waals surface area contributed by atoms with E-state index >= 15 is 0 Å². The Hall–Kier alpha value is -3.18. The molecule has 0 bridgehead atoms. The van der Waals surface area contributed by atoms with Crippen molar-refractivity contribution in [2.45, 2.75) is 13.5 Å². The van der Waals surface area contributed by atoms with Gasteiger partial charge in [0.2, 0.25) is 5.88 Å². The fourth-order valence-electron chi connectivity index (χ4n) is 2.19. The first-order valence-corrected chi connectivity index (χ1v) is 8.30. The molecule has 0 radical (unpaired) electrons. The quantitative estimate of drug-likeness (QED) is 0.701. The molecule has 0 aliphatic heterocycles. The first-order chi connectivity index (χ1) is 12.2. The number of anilines is 3. The Balaban J connectivity index is 1.76. The van der Waals surface area contributed by atoms with Gasteiger partial charge in [-0.3, -0.25) is 0 Å². The maximum Gasteiger partial charge on any atom is 0.213 e.